The van der Waals surface area contributed by atoms with E-state index in [0.29, 0.717) is 11.3 Å². The molecule has 2 nitrogen and oxygen atoms in total. The average Bonchev–Trinajstić information content (AvgIpc) is 2.43. The Hall–Kier alpha value is -0.860. The van der Waals surface area contributed by atoms with Gasteiger partial charge in [-0.15, -0.1) is 0 Å². The molecule has 1 fully saturated rings. The topological polar surface area (TPSA) is 23.5 Å². The van der Waals surface area contributed by atoms with Crippen molar-refractivity contribution < 1.29 is 5.11 Å². The van der Waals surface area contributed by atoms with Crippen LogP contribution >= 0.6 is 0 Å². The van der Waals surface area contributed by atoms with E-state index in [9.17, 15) is 5.11 Å². The number of benzene rings is 1. The van der Waals surface area contributed by atoms with Crippen LogP contribution in [0.3, 0.4) is 0 Å². The fourth-order valence-electron chi connectivity index (χ4n) is 3.39. The number of aliphatic hydroxyl groups is 1. The summed E-state index contributed by atoms with van der Waals surface area (Å²) in [7, 11) is 0. The number of rotatable bonds is 5. The zero-order valence-electron chi connectivity index (χ0n) is 13.2. The van der Waals surface area contributed by atoms with Crippen LogP contribution in [0, 0.1) is 11.3 Å². The molecule has 1 aromatic rings. The van der Waals surface area contributed by atoms with Crippen LogP contribution in [0.1, 0.15) is 45.6 Å². The molecular weight excluding hydrogens is 246 g/mol. The molecule has 0 amide bonds. The van der Waals surface area contributed by atoms with E-state index >= 15 is 0 Å². The molecule has 1 aliphatic rings. The van der Waals surface area contributed by atoms with Crippen molar-refractivity contribution in [3.63, 3.8) is 0 Å². The van der Waals surface area contributed by atoms with Crippen molar-refractivity contribution in [2.75, 3.05) is 13.1 Å². The van der Waals surface area contributed by atoms with Gasteiger partial charge in [0, 0.05) is 13.1 Å². The molecule has 1 aromatic carbocycles. The van der Waals surface area contributed by atoms with E-state index in [4.69, 9.17) is 0 Å². The van der Waals surface area contributed by atoms with Crippen LogP contribution in [0.5, 0.6) is 0 Å². The zero-order chi connectivity index (χ0) is 14.6. The second-order valence-corrected chi connectivity index (χ2v) is 7.05. The van der Waals surface area contributed by atoms with Gasteiger partial charge in [-0.25, -0.2) is 0 Å². The molecule has 1 aliphatic carbocycles. The quantitative estimate of drug-likeness (QED) is 0.886. The van der Waals surface area contributed by atoms with Gasteiger partial charge in [-0.1, -0.05) is 51.1 Å². The van der Waals surface area contributed by atoms with Gasteiger partial charge in [-0.3, -0.25) is 4.90 Å². The molecule has 2 heteroatoms. The summed E-state index contributed by atoms with van der Waals surface area (Å²) in [6.45, 7) is 9.91. The Balaban J connectivity index is 1.95. The Kier molecular flexibility index (Phi) is 5.22. The lowest BCUT2D eigenvalue weighted by Crippen LogP contribution is -2.40. The van der Waals surface area contributed by atoms with E-state index in [1.165, 1.54) is 5.56 Å². The maximum absolute atomic E-state index is 10.3. The predicted molar refractivity (Wildman–Crippen MR) is 84.5 cm³/mol. The largest absolute Gasteiger partial charge is 0.393 e. The normalized spacial score (nSPS) is 25.9. The molecule has 0 heterocycles. The standard InChI is InChI=1S/C18H29NO/c1-4-19(13-15-8-6-5-7-9-15)14-16-12-18(2,3)11-10-17(16)20/h5-9,16-17,20H,4,10-14H2,1-3H3. The first-order chi connectivity index (χ1) is 9.50. The highest BCUT2D eigenvalue weighted by molar-refractivity contribution is 5.14. The molecule has 1 saturated carbocycles. The first kappa shape index (κ1) is 15.5. The number of aliphatic hydroxyl groups excluding tert-OH is 1. The minimum Gasteiger partial charge on any atom is -0.393 e. The summed E-state index contributed by atoms with van der Waals surface area (Å²) < 4.78 is 0. The summed E-state index contributed by atoms with van der Waals surface area (Å²) in [5.74, 6) is 0.419. The summed E-state index contributed by atoms with van der Waals surface area (Å²) in [5, 5.41) is 10.3. The summed E-state index contributed by atoms with van der Waals surface area (Å²) in [6, 6.07) is 10.6. The maximum atomic E-state index is 10.3. The molecule has 0 saturated heterocycles. The molecule has 0 bridgehead atoms. The van der Waals surface area contributed by atoms with Crippen molar-refractivity contribution in [1.82, 2.24) is 4.90 Å². The van der Waals surface area contributed by atoms with E-state index in [0.717, 1.165) is 38.9 Å². The van der Waals surface area contributed by atoms with Crippen LogP contribution in [0.25, 0.3) is 0 Å². The number of nitrogens with zero attached hydrogens (tertiary/aromatic N) is 1. The third-order valence-corrected chi connectivity index (χ3v) is 4.66. The van der Waals surface area contributed by atoms with Crippen molar-refractivity contribution in [3.8, 4) is 0 Å². The van der Waals surface area contributed by atoms with Crippen LogP contribution in [-0.4, -0.2) is 29.2 Å². The van der Waals surface area contributed by atoms with Crippen molar-refractivity contribution in [2.45, 2.75) is 52.7 Å². The summed E-state index contributed by atoms with van der Waals surface area (Å²) in [4.78, 5) is 2.46. The highest BCUT2D eigenvalue weighted by atomic mass is 16.3. The molecule has 2 unspecified atom stereocenters. The Morgan fingerprint density at radius 1 is 1.25 bits per heavy atom. The van der Waals surface area contributed by atoms with Gasteiger partial charge in [-0.05, 0) is 42.7 Å². The van der Waals surface area contributed by atoms with Gasteiger partial charge in [-0.2, -0.15) is 0 Å². The molecule has 20 heavy (non-hydrogen) atoms. The molecule has 2 atom stereocenters. The van der Waals surface area contributed by atoms with E-state index in [2.05, 4.69) is 56.0 Å². The Morgan fingerprint density at radius 3 is 2.60 bits per heavy atom. The number of hydrogen-bond acceptors (Lipinski definition) is 2. The van der Waals surface area contributed by atoms with E-state index < -0.39 is 0 Å². The molecule has 0 spiro atoms. The maximum Gasteiger partial charge on any atom is 0.0581 e. The summed E-state index contributed by atoms with van der Waals surface area (Å²) in [5.41, 5.74) is 1.75. The highest BCUT2D eigenvalue weighted by Gasteiger charge is 2.34. The van der Waals surface area contributed by atoms with Crippen molar-refractivity contribution >= 4 is 0 Å². The fourth-order valence-corrected chi connectivity index (χ4v) is 3.39. The van der Waals surface area contributed by atoms with E-state index in [1.54, 1.807) is 0 Å². The van der Waals surface area contributed by atoms with Gasteiger partial charge in [0.2, 0.25) is 0 Å². The third kappa shape index (κ3) is 4.32. The predicted octanol–water partition coefficient (Wildman–Crippen LogP) is 3.70. The second-order valence-electron chi connectivity index (χ2n) is 7.05. The SMILES string of the molecule is CCN(Cc1ccccc1)CC1CC(C)(C)CCC1O. The lowest BCUT2D eigenvalue weighted by molar-refractivity contribution is 0.00372. The van der Waals surface area contributed by atoms with Gasteiger partial charge in [0.15, 0.2) is 0 Å². The molecule has 2 rings (SSSR count). The minimum absolute atomic E-state index is 0.118. The molecule has 1 N–H and O–H groups in total. The first-order valence-electron chi connectivity index (χ1n) is 7.94. The van der Waals surface area contributed by atoms with E-state index in [-0.39, 0.29) is 6.10 Å². The lowest BCUT2D eigenvalue weighted by atomic mass is 9.70. The van der Waals surface area contributed by atoms with Crippen LogP contribution in [0.4, 0.5) is 0 Å². The van der Waals surface area contributed by atoms with Gasteiger partial charge in [0.05, 0.1) is 6.10 Å². The van der Waals surface area contributed by atoms with Crippen LogP contribution in [0.2, 0.25) is 0 Å². The smallest absolute Gasteiger partial charge is 0.0581 e. The van der Waals surface area contributed by atoms with Crippen molar-refractivity contribution in [2.24, 2.45) is 11.3 Å². The van der Waals surface area contributed by atoms with Gasteiger partial charge in [0.1, 0.15) is 0 Å². The Labute approximate surface area is 123 Å². The zero-order valence-corrected chi connectivity index (χ0v) is 13.2. The molecule has 112 valence electrons. The fraction of sp³-hybridized carbons (Fsp3) is 0.667. The molecule has 0 radical (unpaired) electrons. The van der Waals surface area contributed by atoms with Crippen LogP contribution < -0.4 is 0 Å². The van der Waals surface area contributed by atoms with E-state index in [1.807, 2.05) is 0 Å². The number of hydrogen-bond donors (Lipinski definition) is 1. The lowest BCUT2D eigenvalue weighted by Gasteiger charge is -2.40. The van der Waals surface area contributed by atoms with Gasteiger partial charge in [0.25, 0.3) is 0 Å². The Morgan fingerprint density at radius 2 is 1.95 bits per heavy atom. The van der Waals surface area contributed by atoms with Crippen LogP contribution in [-0.2, 0) is 6.54 Å². The van der Waals surface area contributed by atoms with Gasteiger partial charge >= 0.3 is 0 Å². The minimum atomic E-state index is -0.118. The average molecular weight is 275 g/mol. The van der Waals surface area contributed by atoms with Crippen molar-refractivity contribution in [1.29, 1.82) is 0 Å². The molecule has 0 aliphatic heterocycles. The molecule has 0 aromatic heterocycles. The first-order valence-corrected chi connectivity index (χ1v) is 7.94. The summed E-state index contributed by atoms with van der Waals surface area (Å²) >= 11 is 0. The van der Waals surface area contributed by atoms with Gasteiger partial charge < -0.3 is 5.11 Å². The highest BCUT2D eigenvalue weighted by Crippen LogP contribution is 2.39. The Bertz CT molecular complexity index is 401. The monoisotopic (exact) mass is 275 g/mol. The third-order valence-electron chi connectivity index (χ3n) is 4.66. The second kappa shape index (κ2) is 6.73. The van der Waals surface area contributed by atoms with Crippen LogP contribution in [0.15, 0.2) is 30.3 Å². The van der Waals surface area contributed by atoms with Crippen molar-refractivity contribution in [3.05, 3.63) is 35.9 Å². The summed E-state index contributed by atoms with van der Waals surface area (Å²) in [6.07, 6.45) is 3.13. The molecular formula is C18H29NO.